The van der Waals surface area contributed by atoms with Gasteiger partial charge >= 0.3 is 12.0 Å². The third kappa shape index (κ3) is 6.44. The van der Waals surface area contributed by atoms with Crippen LogP contribution in [0, 0.1) is 0 Å². The third-order valence-electron chi connectivity index (χ3n) is 3.51. The molecule has 0 aliphatic rings. The molecule has 0 bridgehead atoms. The highest BCUT2D eigenvalue weighted by Gasteiger charge is 2.24. The molecule has 12 heteroatoms. The molecule has 3 amide bonds. The van der Waals surface area contributed by atoms with Gasteiger partial charge in [0.05, 0.1) is 15.6 Å². The first kappa shape index (κ1) is 23.6. The summed E-state index contributed by atoms with van der Waals surface area (Å²) in [6.45, 7) is 4.72. The van der Waals surface area contributed by atoms with Gasteiger partial charge in [-0.3, -0.25) is 14.8 Å². The second kappa shape index (κ2) is 9.92. The fraction of sp³-hybridized carbons (Fsp3) is 0.278. The zero-order valence-corrected chi connectivity index (χ0v) is 18.7. The van der Waals surface area contributed by atoms with Gasteiger partial charge in [0.2, 0.25) is 0 Å². The number of ether oxygens (including phenoxy) is 1. The number of esters is 1. The summed E-state index contributed by atoms with van der Waals surface area (Å²) >= 11 is 6.65. The van der Waals surface area contributed by atoms with E-state index in [1.165, 1.54) is 43.3 Å². The van der Waals surface area contributed by atoms with Crippen LogP contribution in [0.3, 0.4) is 0 Å². The highest BCUT2D eigenvalue weighted by Crippen LogP contribution is 2.28. The van der Waals surface area contributed by atoms with E-state index < -0.39 is 34.0 Å². The van der Waals surface area contributed by atoms with Crippen molar-refractivity contribution >= 4 is 56.6 Å². The number of sulfonamides is 1. The van der Waals surface area contributed by atoms with Crippen LogP contribution in [0.4, 0.5) is 10.5 Å². The first-order chi connectivity index (χ1) is 14.0. The van der Waals surface area contributed by atoms with E-state index in [-0.39, 0.29) is 21.5 Å². The normalized spacial score (nSPS) is 12.2. The SMILES string of the molecule is CC(C)NC(=O)NC(=O)C(C)OC(=O)c1ccccc1NS(=O)(=O)c1ccc(Cl)s1. The van der Waals surface area contributed by atoms with Gasteiger partial charge in [-0.1, -0.05) is 23.7 Å². The summed E-state index contributed by atoms with van der Waals surface area (Å²) in [5.41, 5.74) is -0.132. The van der Waals surface area contributed by atoms with Crippen LogP contribution in [0.5, 0.6) is 0 Å². The number of amides is 3. The van der Waals surface area contributed by atoms with Gasteiger partial charge in [-0.2, -0.15) is 0 Å². The average Bonchev–Trinajstić information content (AvgIpc) is 3.08. The molecule has 1 atom stereocenters. The number of imide groups is 1. The van der Waals surface area contributed by atoms with E-state index in [0.717, 1.165) is 11.3 Å². The number of carbonyl (C=O) groups is 3. The van der Waals surface area contributed by atoms with Gasteiger partial charge in [0.1, 0.15) is 4.21 Å². The van der Waals surface area contributed by atoms with Crippen LogP contribution in [0.25, 0.3) is 0 Å². The summed E-state index contributed by atoms with van der Waals surface area (Å²) in [7, 11) is -3.98. The van der Waals surface area contributed by atoms with Gasteiger partial charge < -0.3 is 10.1 Å². The highest BCUT2D eigenvalue weighted by molar-refractivity contribution is 7.94. The van der Waals surface area contributed by atoms with Crippen LogP contribution < -0.4 is 15.4 Å². The van der Waals surface area contributed by atoms with Crippen molar-refractivity contribution in [3.05, 3.63) is 46.3 Å². The molecule has 0 saturated carbocycles. The molecule has 1 heterocycles. The van der Waals surface area contributed by atoms with Crippen molar-refractivity contribution in [3.63, 3.8) is 0 Å². The number of para-hydroxylation sites is 1. The molecule has 2 aromatic rings. The Labute approximate surface area is 182 Å². The molecule has 1 aromatic carbocycles. The van der Waals surface area contributed by atoms with Crippen LogP contribution in [-0.4, -0.2) is 38.5 Å². The molecule has 2 rings (SSSR count). The summed E-state index contributed by atoms with van der Waals surface area (Å²) in [6.07, 6.45) is -1.30. The summed E-state index contributed by atoms with van der Waals surface area (Å²) in [5.74, 6) is -1.77. The number of anilines is 1. The van der Waals surface area contributed by atoms with Gasteiger partial charge in [-0.25, -0.2) is 18.0 Å². The molecular formula is C18H20ClN3O6S2. The number of thiophene rings is 1. The lowest BCUT2D eigenvalue weighted by Gasteiger charge is -2.16. The van der Waals surface area contributed by atoms with Gasteiger partial charge in [0.25, 0.3) is 15.9 Å². The fourth-order valence-electron chi connectivity index (χ4n) is 2.18. The maximum Gasteiger partial charge on any atom is 0.341 e. The molecule has 0 radical (unpaired) electrons. The lowest BCUT2D eigenvalue weighted by molar-refractivity contribution is -0.127. The van der Waals surface area contributed by atoms with E-state index in [0.29, 0.717) is 4.34 Å². The number of benzene rings is 1. The Balaban J connectivity index is 2.12. The minimum atomic E-state index is -3.98. The average molecular weight is 474 g/mol. The van der Waals surface area contributed by atoms with E-state index in [1.807, 2.05) is 0 Å². The van der Waals surface area contributed by atoms with E-state index in [9.17, 15) is 22.8 Å². The van der Waals surface area contributed by atoms with Crippen LogP contribution in [-0.2, 0) is 19.6 Å². The summed E-state index contributed by atoms with van der Waals surface area (Å²) in [4.78, 5) is 36.1. The predicted octanol–water partition coefficient (Wildman–Crippen LogP) is 2.98. The van der Waals surface area contributed by atoms with Crippen molar-refractivity contribution in [2.24, 2.45) is 0 Å². The Kier molecular flexibility index (Phi) is 7.82. The second-order valence-electron chi connectivity index (χ2n) is 6.37. The van der Waals surface area contributed by atoms with Crippen molar-refractivity contribution in [3.8, 4) is 0 Å². The fourth-order valence-corrected chi connectivity index (χ4v) is 4.74. The van der Waals surface area contributed by atoms with Crippen molar-refractivity contribution in [2.45, 2.75) is 37.1 Å². The number of rotatable bonds is 7. The molecule has 1 unspecified atom stereocenters. The number of hydrogen-bond donors (Lipinski definition) is 3. The minimum absolute atomic E-state index is 0.0282. The lowest BCUT2D eigenvalue weighted by atomic mass is 10.2. The van der Waals surface area contributed by atoms with Gasteiger partial charge in [0, 0.05) is 6.04 Å². The lowest BCUT2D eigenvalue weighted by Crippen LogP contribution is -2.46. The van der Waals surface area contributed by atoms with Gasteiger partial charge in [-0.15, -0.1) is 11.3 Å². The topological polar surface area (TPSA) is 131 Å². The Morgan fingerprint density at radius 3 is 2.33 bits per heavy atom. The van der Waals surface area contributed by atoms with E-state index in [4.69, 9.17) is 16.3 Å². The van der Waals surface area contributed by atoms with Crippen LogP contribution in [0.15, 0.2) is 40.6 Å². The molecule has 3 N–H and O–H groups in total. The second-order valence-corrected chi connectivity index (χ2v) is 10.00. The highest BCUT2D eigenvalue weighted by atomic mass is 35.5. The van der Waals surface area contributed by atoms with E-state index in [1.54, 1.807) is 13.8 Å². The number of nitrogens with one attached hydrogen (secondary N) is 3. The van der Waals surface area contributed by atoms with Gasteiger partial charge in [-0.05, 0) is 45.0 Å². The Hall–Kier alpha value is -2.63. The molecular weight excluding hydrogens is 454 g/mol. The number of halogens is 1. The molecule has 1 aromatic heterocycles. The van der Waals surface area contributed by atoms with E-state index >= 15 is 0 Å². The number of hydrogen-bond acceptors (Lipinski definition) is 7. The molecule has 162 valence electrons. The maximum absolute atomic E-state index is 12.5. The van der Waals surface area contributed by atoms with Crippen LogP contribution >= 0.6 is 22.9 Å². The van der Waals surface area contributed by atoms with Gasteiger partial charge in [0.15, 0.2) is 6.10 Å². The molecule has 0 spiro atoms. The van der Waals surface area contributed by atoms with E-state index in [2.05, 4.69) is 15.4 Å². The molecule has 0 saturated heterocycles. The van der Waals surface area contributed by atoms with Crippen molar-refractivity contribution in [1.82, 2.24) is 10.6 Å². The Morgan fingerprint density at radius 2 is 1.73 bits per heavy atom. The Bertz CT molecular complexity index is 1050. The molecule has 0 aliphatic heterocycles. The first-order valence-electron chi connectivity index (χ1n) is 8.69. The first-order valence-corrected chi connectivity index (χ1v) is 11.4. The largest absolute Gasteiger partial charge is 0.449 e. The zero-order chi connectivity index (χ0) is 22.5. The zero-order valence-electron chi connectivity index (χ0n) is 16.3. The summed E-state index contributed by atoms with van der Waals surface area (Å²) < 4.78 is 32.7. The maximum atomic E-state index is 12.5. The molecule has 30 heavy (non-hydrogen) atoms. The van der Waals surface area contributed by atoms with Crippen LogP contribution in [0.2, 0.25) is 4.34 Å². The molecule has 0 aliphatic carbocycles. The Morgan fingerprint density at radius 1 is 1.07 bits per heavy atom. The smallest absolute Gasteiger partial charge is 0.341 e. The minimum Gasteiger partial charge on any atom is -0.449 e. The van der Waals surface area contributed by atoms with Crippen molar-refractivity contribution in [2.75, 3.05) is 4.72 Å². The summed E-state index contributed by atoms with van der Waals surface area (Å²) in [5, 5.41) is 4.52. The monoisotopic (exact) mass is 473 g/mol. The molecule has 9 nitrogen and oxygen atoms in total. The van der Waals surface area contributed by atoms with Crippen molar-refractivity contribution in [1.29, 1.82) is 0 Å². The quantitative estimate of drug-likeness (QED) is 0.530. The summed E-state index contributed by atoms with van der Waals surface area (Å²) in [6, 6.07) is 7.64. The number of urea groups is 1. The predicted molar refractivity (Wildman–Crippen MR) is 113 cm³/mol. The standard InChI is InChI=1S/C18H20ClN3O6S2/c1-10(2)20-18(25)21-16(23)11(3)28-17(24)12-6-4-5-7-13(12)22-30(26,27)15-9-8-14(19)29-15/h4-11,22H,1-3H3,(H2,20,21,23,25). The van der Waals surface area contributed by atoms with Crippen molar-refractivity contribution < 1.29 is 27.5 Å². The number of carbonyl (C=O) groups excluding carboxylic acids is 3. The van der Waals surface area contributed by atoms with Crippen LogP contribution in [0.1, 0.15) is 31.1 Å². The third-order valence-corrected chi connectivity index (χ3v) is 6.60. The molecule has 0 fully saturated rings.